The maximum Gasteiger partial charge on any atom is 0.325 e. The van der Waals surface area contributed by atoms with Gasteiger partial charge in [0.15, 0.2) is 0 Å². The highest BCUT2D eigenvalue weighted by atomic mass is 35.5. The number of halogens is 1. The van der Waals surface area contributed by atoms with Gasteiger partial charge in [0.25, 0.3) is 5.91 Å². The van der Waals surface area contributed by atoms with Crippen molar-refractivity contribution in [3.8, 4) is 0 Å². The zero-order valence-corrected chi connectivity index (χ0v) is 11.3. The molecule has 0 bridgehead atoms. The van der Waals surface area contributed by atoms with Crippen LogP contribution in [0.3, 0.4) is 0 Å². The van der Waals surface area contributed by atoms with Gasteiger partial charge >= 0.3 is 5.97 Å². The molecule has 0 fully saturated rings. The molecule has 1 amide bonds. The van der Waals surface area contributed by atoms with E-state index in [1.54, 1.807) is 12.1 Å². The minimum Gasteiger partial charge on any atom is -0.480 e. The zero-order valence-electron chi connectivity index (χ0n) is 10.5. The fourth-order valence-electron chi connectivity index (χ4n) is 2.01. The lowest BCUT2D eigenvalue weighted by Crippen LogP contribution is -2.38. The SMILES string of the molecule is C[C@H](NC(=O)c1cc2c(cc1Cl)CNCC2)C(=O)O. The molecule has 5 nitrogen and oxygen atoms in total. The molecule has 6 heteroatoms. The molecule has 1 heterocycles. The van der Waals surface area contributed by atoms with E-state index in [0.29, 0.717) is 10.6 Å². The van der Waals surface area contributed by atoms with Crippen LogP contribution in [0.5, 0.6) is 0 Å². The second-order valence-electron chi connectivity index (χ2n) is 4.56. The average Bonchev–Trinajstić information content (AvgIpc) is 2.37. The lowest BCUT2D eigenvalue weighted by Gasteiger charge is -2.19. The van der Waals surface area contributed by atoms with E-state index in [1.165, 1.54) is 6.92 Å². The molecule has 3 N–H and O–H groups in total. The van der Waals surface area contributed by atoms with Gasteiger partial charge in [-0.1, -0.05) is 11.6 Å². The third kappa shape index (κ3) is 3.05. The summed E-state index contributed by atoms with van der Waals surface area (Å²) in [5.74, 6) is -1.53. The van der Waals surface area contributed by atoms with E-state index >= 15 is 0 Å². The highest BCUT2D eigenvalue weighted by Gasteiger charge is 2.20. The Hall–Kier alpha value is -1.59. The number of fused-ring (bicyclic) bond motifs is 1. The molecule has 1 atom stereocenters. The second-order valence-corrected chi connectivity index (χ2v) is 4.97. The predicted molar refractivity (Wildman–Crippen MR) is 71.4 cm³/mol. The van der Waals surface area contributed by atoms with Crippen molar-refractivity contribution < 1.29 is 14.7 Å². The number of hydrogen-bond acceptors (Lipinski definition) is 3. The number of hydrogen-bond donors (Lipinski definition) is 3. The molecular formula is C13H15ClN2O3. The molecule has 102 valence electrons. The van der Waals surface area contributed by atoms with Crippen molar-refractivity contribution in [3.05, 3.63) is 33.8 Å². The number of benzene rings is 1. The molecule has 0 aliphatic carbocycles. The minimum absolute atomic E-state index is 0.329. The number of aliphatic carboxylic acids is 1. The Bertz CT molecular complexity index is 531. The number of carboxylic acid groups (broad SMARTS) is 1. The van der Waals surface area contributed by atoms with Crippen molar-refractivity contribution in [2.75, 3.05) is 6.54 Å². The summed E-state index contributed by atoms with van der Waals surface area (Å²) in [6.07, 6.45) is 0.835. The molecule has 1 aliphatic rings. The molecule has 0 saturated heterocycles. The van der Waals surface area contributed by atoms with Gasteiger partial charge in [-0.05, 0) is 43.1 Å². The van der Waals surface area contributed by atoms with Crippen LogP contribution < -0.4 is 10.6 Å². The third-order valence-corrected chi connectivity index (χ3v) is 3.45. The van der Waals surface area contributed by atoms with Crippen molar-refractivity contribution in [2.24, 2.45) is 0 Å². The smallest absolute Gasteiger partial charge is 0.325 e. The van der Waals surface area contributed by atoms with Gasteiger partial charge in [-0.25, -0.2) is 0 Å². The average molecular weight is 283 g/mol. The van der Waals surface area contributed by atoms with Crippen LogP contribution in [-0.2, 0) is 17.8 Å². The van der Waals surface area contributed by atoms with Gasteiger partial charge in [0.1, 0.15) is 6.04 Å². The summed E-state index contributed by atoms with van der Waals surface area (Å²) in [6.45, 7) is 3.01. The molecule has 1 aromatic carbocycles. The number of carbonyl (C=O) groups excluding carboxylic acids is 1. The summed E-state index contributed by atoms with van der Waals surface area (Å²) >= 11 is 6.08. The van der Waals surface area contributed by atoms with E-state index in [9.17, 15) is 9.59 Å². The lowest BCUT2D eigenvalue weighted by atomic mass is 9.98. The first-order valence-electron chi connectivity index (χ1n) is 6.04. The van der Waals surface area contributed by atoms with Crippen LogP contribution >= 0.6 is 11.6 Å². The monoisotopic (exact) mass is 282 g/mol. The topological polar surface area (TPSA) is 78.4 Å². The molecule has 1 aliphatic heterocycles. The van der Waals surface area contributed by atoms with Crippen LogP contribution in [0.25, 0.3) is 0 Å². The third-order valence-electron chi connectivity index (χ3n) is 3.14. The molecule has 0 saturated carbocycles. The Morgan fingerprint density at radius 3 is 2.84 bits per heavy atom. The van der Waals surface area contributed by atoms with E-state index in [2.05, 4.69) is 10.6 Å². The van der Waals surface area contributed by atoms with Crippen molar-refractivity contribution in [3.63, 3.8) is 0 Å². The number of carboxylic acids is 1. The summed E-state index contributed by atoms with van der Waals surface area (Å²) in [4.78, 5) is 22.7. The van der Waals surface area contributed by atoms with Gasteiger partial charge in [-0.15, -0.1) is 0 Å². The highest BCUT2D eigenvalue weighted by Crippen LogP contribution is 2.24. The predicted octanol–water partition coefficient (Wildman–Crippen LogP) is 1.19. The molecule has 19 heavy (non-hydrogen) atoms. The van der Waals surface area contributed by atoms with E-state index in [0.717, 1.165) is 30.6 Å². The fraction of sp³-hybridized carbons (Fsp3) is 0.385. The molecule has 2 rings (SSSR count). The summed E-state index contributed by atoms with van der Waals surface area (Å²) in [7, 11) is 0. The molecule has 0 unspecified atom stereocenters. The van der Waals surface area contributed by atoms with Gasteiger partial charge in [0.05, 0.1) is 10.6 Å². The molecule has 0 aromatic heterocycles. The Kier molecular flexibility index (Phi) is 4.07. The minimum atomic E-state index is -1.08. The van der Waals surface area contributed by atoms with Crippen molar-refractivity contribution in [1.82, 2.24) is 10.6 Å². The fourth-order valence-corrected chi connectivity index (χ4v) is 2.28. The van der Waals surface area contributed by atoms with Crippen molar-refractivity contribution in [1.29, 1.82) is 0 Å². The van der Waals surface area contributed by atoms with Gasteiger partial charge in [-0.3, -0.25) is 9.59 Å². The number of carbonyl (C=O) groups is 2. The van der Waals surface area contributed by atoms with Crippen LogP contribution in [0.2, 0.25) is 5.02 Å². The molecule has 0 spiro atoms. The van der Waals surface area contributed by atoms with E-state index in [1.807, 2.05) is 0 Å². The number of rotatable bonds is 3. The Morgan fingerprint density at radius 1 is 1.42 bits per heavy atom. The number of nitrogens with one attached hydrogen (secondary N) is 2. The zero-order chi connectivity index (χ0) is 14.0. The van der Waals surface area contributed by atoms with Crippen molar-refractivity contribution >= 4 is 23.5 Å². The van der Waals surface area contributed by atoms with E-state index in [4.69, 9.17) is 16.7 Å². The normalized spacial score (nSPS) is 15.5. The lowest BCUT2D eigenvalue weighted by molar-refractivity contribution is -0.138. The summed E-state index contributed by atoms with van der Waals surface area (Å²) in [5.41, 5.74) is 2.49. The van der Waals surface area contributed by atoms with Gasteiger partial charge in [0.2, 0.25) is 0 Å². The largest absolute Gasteiger partial charge is 0.480 e. The first kappa shape index (κ1) is 13.8. The van der Waals surface area contributed by atoms with Crippen LogP contribution in [0.1, 0.15) is 28.4 Å². The van der Waals surface area contributed by atoms with Gasteiger partial charge < -0.3 is 15.7 Å². The maximum absolute atomic E-state index is 12.0. The standard InChI is InChI=1S/C13H15ClN2O3/c1-7(13(18)19)16-12(17)10-4-8-2-3-15-6-9(8)5-11(10)14/h4-5,7,15H,2-3,6H2,1H3,(H,16,17)(H,18,19)/t7-/m0/s1. The van der Waals surface area contributed by atoms with Crippen LogP contribution in [0.15, 0.2) is 12.1 Å². The second kappa shape index (κ2) is 5.59. The Labute approximate surface area is 116 Å². The van der Waals surface area contributed by atoms with E-state index < -0.39 is 17.9 Å². The summed E-state index contributed by atoms with van der Waals surface area (Å²) in [5, 5.41) is 14.8. The Balaban J connectivity index is 2.24. The highest BCUT2D eigenvalue weighted by molar-refractivity contribution is 6.34. The molecule has 1 aromatic rings. The molecular weight excluding hydrogens is 268 g/mol. The van der Waals surface area contributed by atoms with Crippen LogP contribution in [-0.4, -0.2) is 29.6 Å². The first-order valence-corrected chi connectivity index (χ1v) is 6.42. The van der Waals surface area contributed by atoms with Crippen molar-refractivity contribution in [2.45, 2.75) is 25.9 Å². The Morgan fingerprint density at radius 2 is 2.16 bits per heavy atom. The quantitative estimate of drug-likeness (QED) is 0.778. The van der Waals surface area contributed by atoms with Crippen LogP contribution in [0, 0.1) is 0 Å². The summed E-state index contributed by atoms with van der Waals surface area (Å²) in [6, 6.07) is 2.58. The van der Waals surface area contributed by atoms with Crippen LogP contribution in [0.4, 0.5) is 0 Å². The summed E-state index contributed by atoms with van der Waals surface area (Å²) < 4.78 is 0. The molecule has 0 radical (unpaired) electrons. The maximum atomic E-state index is 12.0. The van der Waals surface area contributed by atoms with Gasteiger partial charge in [-0.2, -0.15) is 0 Å². The van der Waals surface area contributed by atoms with E-state index in [-0.39, 0.29) is 0 Å². The first-order chi connectivity index (χ1) is 8.99. The number of amides is 1. The van der Waals surface area contributed by atoms with Gasteiger partial charge in [0, 0.05) is 6.54 Å².